The van der Waals surface area contributed by atoms with Crippen molar-refractivity contribution in [2.75, 3.05) is 0 Å². The van der Waals surface area contributed by atoms with Crippen LogP contribution in [-0.4, -0.2) is 20.6 Å². The van der Waals surface area contributed by atoms with E-state index in [1.807, 2.05) is 42.1 Å². The maximum Gasteiger partial charge on any atom is 0.221 e. The van der Waals surface area contributed by atoms with Gasteiger partial charge in [0.2, 0.25) is 5.91 Å². The Balaban J connectivity index is 1.81. The highest BCUT2D eigenvalue weighted by atomic mass is 35.5. The number of aromatic nitrogens is 2. The van der Waals surface area contributed by atoms with Crippen molar-refractivity contribution >= 4 is 17.5 Å². The summed E-state index contributed by atoms with van der Waals surface area (Å²) < 4.78 is 1.86. The molecule has 1 heterocycles. The summed E-state index contributed by atoms with van der Waals surface area (Å²) in [5.41, 5.74) is 1.69. The van der Waals surface area contributed by atoms with Gasteiger partial charge in [-0.25, -0.2) is 4.98 Å². The normalized spacial score (nSPS) is 11.9. The van der Waals surface area contributed by atoms with Crippen LogP contribution in [0.1, 0.15) is 29.3 Å². The molecule has 0 radical (unpaired) electrons. The zero-order valence-electron chi connectivity index (χ0n) is 14.4. The van der Waals surface area contributed by atoms with E-state index in [1.54, 1.807) is 30.5 Å². The van der Waals surface area contributed by atoms with Crippen molar-refractivity contribution in [3.8, 4) is 5.75 Å². The van der Waals surface area contributed by atoms with E-state index >= 15 is 0 Å². The second-order valence-electron chi connectivity index (χ2n) is 6.10. The van der Waals surface area contributed by atoms with Crippen LogP contribution < -0.4 is 5.32 Å². The molecule has 0 bridgehead atoms. The average molecular weight is 370 g/mol. The maximum atomic E-state index is 12.5. The highest BCUT2D eigenvalue weighted by Gasteiger charge is 2.21. The molecule has 0 aliphatic rings. The minimum absolute atomic E-state index is 0.110. The number of carbonyl (C=O) groups excluding carboxylic acids is 1. The highest BCUT2D eigenvalue weighted by Crippen LogP contribution is 2.34. The van der Waals surface area contributed by atoms with Gasteiger partial charge in [0, 0.05) is 36.8 Å². The second kappa shape index (κ2) is 8.06. The molecule has 0 saturated carbocycles. The van der Waals surface area contributed by atoms with Crippen molar-refractivity contribution in [1.82, 2.24) is 14.9 Å². The lowest BCUT2D eigenvalue weighted by atomic mass is 9.88. The Kier molecular flexibility index (Phi) is 5.58. The first-order valence-corrected chi connectivity index (χ1v) is 8.68. The molecular weight excluding hydrogens is 350 g/mol. The van der Waals surface area contributed by atoms with Crippen molar-refractivity contribution in [2.45, 2.75) is 18.9 Å². The summed E-state index contributed by atoms with van der Waals surface area (Å²) in [6.45, 7) is 0.359. The Morgan fingerprint density at radius 2 is 2.08 bits per heavy atom. The van der Waals surface area contributed by atoms with Gasteiger partial charge < -0.3 is 15.0 Å². The predicted molar refractivity (Wildman–Crippen MR) is 101 cm³/mol. The third kappa shape index (κ3) is 4.24. The third-order valence-corrected chi connectivity index (χ3v) is 4.65. The molecule has 3 rings (SSSR count). The Labute approximate surface area is 157 Å². The fourth-order valence-electron chi connectivity index (χ4n) is 2.91. The molecule has 5 nitrogen and oxygen atoms in total. The molecule has 2 aromatic carbocycles. The van der Waals surface area contributed by atoms with E-state index in [9.17, 15) is 9.90 Å². The molecule has 0 spiro atoms. The number of aryl methyl sites for hydroxylation is 1. The number of amides is 1. The molecular formula is C20H20ClN3O2. The number of hydrogen-bond acceptors (Lipinski definition) is 3. The number of phenols is 1. The number of carbonyl (C=O) groups is 1. The van der Waals surface area contributed by atoms with Gasteiger partial charge in [0.25, 0.3) is 0 Å². The molecule has 0 fully saturated rings. The van der Waals surface area contributed by atoms with E-state index in [0.717, 1.165) is 17.0 Å². The summed E-state index contributed by atoms with van der Waals surface area (Å²) in [5.74, 6) is 0.580. The molecule has 6 heteroatoms. The molecule has 0 saturated heterocycles. The summed E-state index contributed by atoms with van der Waals surface area (Å²) >= 11 is 6.36. The number of aromatic hydroxyl groups is 1. The number of nitrogens with one attached hydrogen (secondary N) is 1. The quantitative estimate of drug-likeness (QED) is 0.697. The zero-order valence-corrected chi connectivity index (χ0v) is 15.1. The number of nitrogens with zero attached hydrogens (tertiary/aromatic N) is 2. The Bertz CT molecular complexity index is 907. The van der Waals surface area contributed by atoms with Gasteiger partial charge in [0.05, 0.1) is 6.54 Å². The van der Waals surface area contributed by atoms with E-state index in [4.69, 9.17) is 11.6 Å². The van der Waals surface area contributed by atoms with Crippen LogP contribution in [0.5, 0.6) is 5.75 Å². The first-order chi connectivity index (χ1) is 12.5. The van der Waals surface area contributed by atoms with Crippen LogP contribution in [0.2, 0.25) is 5.02 Å². The molecule has 1 aromatic heterocycles. The lowest BCUT2D eigenvalue weighted by Gasteiger charge is -2.19. The number of hydrogen-bond donors (Lipinski definition) is 2. The van der Waals surface area contributed by atoms with Crippen LogP contribution in [-0.2, 0) is 18.4 Å². The lowest BCUT2D eigenvalue weighted by molar-refractivity contribution is -0.121. The Morgan fingerprint density at radius 1 is 1.27 bits per heavy atom. The Morgan fingerprint density at radius 3 is 2.77 bits per heavy atom. The van der Waals surface area contributed by atoms with Crippen molar-refractivity contribution in [3.05, 3.63) is 82.9 Å². The predicted octanol–water partition coefficient (Wildman–Crippen LogP) is 3.62. The van der Waals surface area contributed by atoms with Crippen LogP contribution in [0.4, 0.5) is 0 Å². The van der Waals surface area contributed by atoms with Crippen LogP contribution in [0, 0.1) is 0 Å². The lowest BCUT2D eigenvalue weighted by Crippen LogP contribution is -2.26. The van der Waals surface area contributed by atoms with E-state index < -0.39 is 0 Å². The molecule has 134 valence electrons. The van der Waals surface area contributed by atoms with Crippen LogP contribution in [0.15, 0.2) is 60.9 Å². The van der Waals surface area contributed by atoms with Gasteiger partial charge in [0.1, 0.15) is 11.6 Å². The molecule has 1 amide bonds. The van der Waals surface area contributed by atoms with Crippen molar-refractivity contribution in [1.29, 1.82) is 0 Å². The fourth-order valence-corrected chi connectivity index (χ4v) is 3.18. The van der Waals surface area contributed by atoms with Gasteiger partial charge in [-0.1, -0.05) is 41.9 Å². The minimum atomic E-state index is -0.253. The zero-order chi connectivity index (χ0) is 18.5. The van der Waals surface area contributed by atoms with Gasteiger partial charge in [-0.3, -0.25) is 4.79 Å². The largest absolute Gasteiger partial charge is 0.508 e. The van der Waals surface area contributed by atoms with Crippen LogP contribution in [0.3, 0.4) is 0 Å². The van der Waals surface area contributed by atoms with Gasteiger partial charge in [-0.2, -0.15) is 0 Å². The monoisotopic (exact) mass is 369 g/mol. The van der Waals surface area contributed by atoms with Crippen LogP contribution >= 0.6 is 11.6 Å². The van der Waals surface area contributed by atoms with Gasteiger partial charge in [-0.15, -0.1) is 0 Å². The third-order valence-electron chi connectivity index (χ3n) is 4.31. The molecule has 3 aromatic rings. The Hall–Kier alpha value is -2.79. The number of imidazole rings is 1. The number of rotatable bonds is 6. The molecule has 26 heavy (non-hydrogen) atoms. The van der Waals surface area contributed by atoms with Gasteiger partial charge in [-0.05, 0) is 29.3 Å². The average Bonchev–Trinajstić information content (AvgIpc) is 3.03. The van der Waals surface area contributed by atoms with Gasteiger partial charge >= 0.3 is 0 Å². The van der Waals surface area contributed by atoms with E-state index in [1.165, 1.54) is 0 Å². The first-order valence-electron chi connectivity index (χ1n) is 8.31. The molecule has 0 aliphatic carbocycles. The maximum absolute atomic E-state index is 12.5. The highest BCUT2D eigenvalue weighted by molar-refractivity contribution is 6.31. The summed E-state index contributed by atoms with van der Waals surface area (Å²) in [4.78, 5) is 16.8. The summed E-state index contributed by atoms with van der Waals surface area (Å²) in [5, 5.41) is 13.3. The number of benzene rings is 2. The van der Waals surface area contributed by atoms with Gasteiger partial charge in [0.15, 0.2) is 0 Å². The van der Waals surface area contributed by atoms with E-state index in [2.05, 4.69) is 10.3 Å². The topological polar surface area (TPSA) is 67.2 Å². The molecule has 1 atom stereocenters. The second-order valence-corrected chi connectivity index (χ2v) is 6.51. The van der Waals surface area contributed by atoms with Crippen LogP contribution in [0.25, 0.3) is 0 Å². The van der Waals surface area contributed by atoms with E-state index in [-0.39, 0.29) is 24.0 Å². The van der Waals surface area contributed by atoms with Crippen molar-refractivity contribution < 1.29 is 9.90 Å². The first kappa shape index (κ1) is 18.0. The number of halogens is 1. The van der Waals surface area contributed by atoms with Crippen molar-refractivity contribution in [2.24, 2.45) is 7.05 Å². The summed E-state index contributed by atoms with van der Waals surface area (Å²) in [6, 6.07) is 14.4. The minimum Gasteiger partial charge on any atom is -0.508 e. The summed E-state index contributed by atoms with van der Waals surface area (Å²) in [6.07, 6.45) is 3.75. The SMILES string of the molecule is Cn1ccnc1CNC(=O)C[C@@H](c1cccc(O)c1)c1ccccc1Cl. The number of phenolic OH excluding ortho intramolecular Hbond substituents is 1. The molecule has 0 unspecified atom stereocenters. The fraction of sp³-hybridized carbons (Fsp3) is 0.200. The molecule has 2 N–H and O–H groups in total. The smallest absolute Gasteiger partial charge is 0.221 e. The summed E-state index contributed by atoms with van der Waals surface area (Å²) in [7, 11) is 1.88. The molecule has 0 aliphatic heterocycles. The standard InChI is InChI=1S/C20H20ClN3O2/c1-24-10-9-22-19(24)13-23-20(26)12-17(14-5-4-6-15(25)11-14)16-7-2-3-8-18(16)21/h2-11,17,25H,12-13H2,1H3,(H,23,26)/t17-/m0/s1. The van der Waals surface area contributed by atoms with Crippen molar-refractivity contribution in [3.63, 3.8) is 0 Å². The van der Waals surface area contributed by atoms with E-state index in [0.29, 0.717) is 11.6 Å².